The lowest BCUT2D eigenvalue weighted by Crippen LogP contribution is -2.49. The van der Waals surface area contributed by atoms with Gasteiger partial charge in [-0.05, 0) is 12.8 Å². The summed E-state index contributed by atoms with van der Waals surface area (Å²) in [6, 6.07) is 0. The van der Waals surface area contributed by atoms with Crippen molar-refractivity contribution in [3.63, 3.8) is 0 Å². The monoisotopic (exact) mass is 332 g/mol. The van der Waals surface area contributed by atoms with Crippen LogP contribution in [0.1, 0.15) is 25.7 Å². The van der Waals surface area contributed by atoms with E-state index in [0.29, 0.717) is 19.0 Å². The van der Waals surface area contributed by atoms with Crippen molar-refractivity contribution >= 4 is 21.7 Å². The highest BCUT2D eigenvalue weighted by Gasteiger charge is 2.42. The van der Waals surface area contributed by atoms with Crippen LogP contribution in [0.3, 0.4) is 0 Å². The van der Waals surface area contributed by atoms with Crippen molar-refractivity contribution in [2.75, 3.05) is 46.2 Å². The molecule has 1 aliphatic rings. The predicted molar refractivity (Wildman–Crippen MR) is 88.7 cm³/mol. The molecule has 0 aromatic carbocycles. The molecule has 1 saturated carbocycles. The van der Waals surface area contributed by atoms with Crippen LogP contribution in [0.5, 0.6) is 0 Å². The first-order valence-electron chi connectivity index (χ1n) is 7.54. The number of nitrogens with zero attached hydrogens (tertiary/aromatic N) is 2. The Bertz CT molecular complexity index is 508. The van der Waals surface area contributed by atoms with Gasteiger partial charge in [-0.3, -0.25) is 9.79 Å². The smallest absolute Gasteiger partial charge is 0.230 e. The number of nitrogens with one attached hydrogen (secondary N) is 2. The van der Waals surface area contributed by atoms with E-state index < -0.39 is 9.84 Å². The summed E-state index contributed by atoms with van der Waals surface area (Å²) in [5.41, 5.74) is -0.377. The highest BCUT2D eigenvalue weighted by Crippen LogP contribution is 2.38. The van der Waals surface area contributed by atoms with Crippen LogP contribution in [0.15, 0.2) is 4.99 Å². The fourth-order valence-electron chi connectivity index (χ4n) is 2.82. The molecule has 0 saturated heterocycles. The van der Waals surface area contributed by atoms with Gasteiger partial charge in [0.25, 0.3) is 0 Å². The number of hydrogen-bond acceptors (Lipinski definition) is 4. The summed E-state index contributed by atoms with van der Waals surface area (Å²) in [4.78, 5) is 18.2. The minimum absolute atomic E-state index is 0.0511. The normalized spacial score (nSPS) is 18.1. The zero-order valence-electron chi connectivity index (χ0n) is 14.0. The molecule has 8 heteroatoms. The highest BCUT2D eigenvalue weighted by molar-refractivity contribution is 7.90. The Morgan fingerprint density at radius 2 is 1.82 bits per heavy atom. The number of rotatable bonds is 6. The molecule has 0 atom stereocenters. The number of hydrogen-bond donors (Lipinski definition) is 2. The van der Waals surface area contributed by atoms with Gasteiger partial charge in [0, 0.05) is 40.5 Å². The zero-order valence-corrected chi connectivity index (χ0v) is 14.8. The van der Waals surface area contributed by atoms with Gasteiger partial charge in [0.1, 0.15) is 9.84 Å². The summed E-state index contributed by atoms with van der Waals surface area (Å²) in [5.74, 6) is 0.723. The first-order valence-corrected chi connectivity index (χ1v) is 9.60. The van der Waals surface area contributed by atoms with E-state index in [1.54, 1.807) is 26.0 Å². The third-order valence-corrected chi connectivity index (χ3v) is 4.95. The molecule has 0 spiro atoms. The number of guanidine groups is 1. The van der Waals surface area contributed by atoms with E-state index in [-0.39, 0.29) is 17.1 Å². The fourth-order valence-corrected chi connectivity index (χ4v) is 3.29. The zero-order chi connectivity index (χ0) is 16.8. The molecule has 22 heavy (non-hydrogen) atoms. The Hall–Kier alpha value is -1.31. The SMILES string of the molecule is CN=C(NCCS(C)(=O)=O)NCC1(C(=O)N(C)C)CCCC1. The summed E-state index contributed by atoms with van der Waals surface area (Å²) in [6.07, 6.45) is 5.06. The molecule has 1 aliphatic carbocycles. The Balaban J connectivity index is 2.58. The van der Waals surface area contributed by atoms with Gasteiger partial charge in [0.05, 0.1) is 11.2 Å². The standard InChI is InChI=1S/C14H28N4O3S/c1-15-13(16-9-10-22(4,20)21)17-11-14(7-5-6-8-14)12(19)18(2)3/h5-11H2,1-4H3,(H2,15,16,17). The summed E-state index contributed by atoms with van der Waals surface area (Å²) in [5, 5.41) is 6.14. The minimum Gasteiger partial charge on any atom is -0.355 e. The molecule has 1 rings (SSSR count). The molecular weight excluding hydrogens is 304 g/mol. The number of amides is 1. The molecule has 0 aliphatic heterocycles. The third kappa shape index (κ3) is 5.47. The van der Waals surface area contributed by atoms with Crippen LogP contribution < -0.4 is 10.6 Å². The lowest BCUT2D eigenvalue weighted by Gasteiger charge is -2.31. The van der Waals surface area contributed by atoms with E-state index in [2.05, 4.69) is 15.6 Å². The van der Waals surface area contributed by atoms with E-state index >= 15 is 0 Å². The van der Waals surface area contributed by atoms with Gasteiger partial charge >= 0.3 is 0 Å². The molecule has 0 heterocycles. The Kier molecular flexibility index (Phi) is 6.65. The maximum absolute atomic E-state index is 12.5. The van der Waals surface area contributed by atoms with Gasteiger partial charge in [-0.1, -0.05) is 12.8 Å². The van der Waals surface area contributed by atoms with Gasteiger partial charge in [-0.25, -0.2) is 8.42 Å². The second-order valence-electron chi connectivity index (χ2n) is 6.17. The number of carbonyl (C=O) groups is 1. The fraction of sp³-hybridized carbons (Fsp3) is 0.857. The van der Waals surface area contributed by atoms with Crippen LogP contribution in [0.2, 0.25) is 0 Å². The van der Waals surface area contributed by atoms with Gasteiger partial charge in [0.15, 0.2) is 5.96 Å². The molecule has 1 amide bonds. The summed E-state index contributed by atoms with van der Waals surface area (Å²) in [6.45, 7) is 0.815. The van der Waals surface area contributed by atoms with E-state index in [1.165, 1.54) is 6.26 Å². The van der Waals surface area contributed by atoms with Crippen molar-refractivity contribution in [3.05, 3.63) is 0 Å². The van der Waals surface area contributed by atoms with Crippen LogP contribution in [-0.2, 0) is 14.6 Å². The van der Waals surface area contributed by atoms with Crippen LogP contribution in [0, 0.1) is 5.41 Å². The minimum atomic E-state index is -3.00. The number of sulfone groups is 1. The van der Waals surface area contributed by atoms with Gasteiger partial charge < -0.3 is 15.5 Å². The molecule has 128 valence electrons. The van der Waals surface area contributed by atoms with E-state index in [9.17, 15) is 13.2 Å². The van der Waals surface area contributed by atoms with Crippen molar-refractivity contribution in [2.45, 2.75) is 25.7 Å². The van der Waals surface area contributed by atoms with Crippen molar-refractivity contribution < 1.29 is 13.2 Å². The lowest BCUT2D eigenvalue weighted by atomic mass is 9.84. The molecule has 0 radical (unpaired) electrons. The first-order chi connectivity index (χ1) is 10.2. The maximum atomic E-state index is 12.5. The largest absolute Gasteiger partial charge is 0.355 e. The number of carbonyl (C=O) groups excluding carboxylic acids is 1. The summed E-state index contributed by atoms with van der Waals surface area (Å²) in [7, 11) is 2.19. The average Bonchev–Trinajstić information content (AvgIpc) is 2.90. The lowest BCUT2D eigenvalue weighted by molar-refractivity contribution is -0.138. The Morgan fingerprint density at radius 3 is 2.27 bits per heavy atom. The van der Waals surface area contributed by atoms with Gasteiger partial charge in [0.2, 0.25) is 5.91 Å². The molecule has 0 aromatic rings. The third-order valence-electron chi connectivity index (χ3n) is 4.00. The van der Waals surface area contributed by atoms with E-state index in [1.807, 2.05) is 0 Å². The van der Waals surface area contributed by atoms with Gasteiger partial charge in [-0.2, -0.15) is 0 Å². The number of aliphatic imine (C=N–C) groups is 1. The Morgan fingerprint density at radius 1 is 1.23 bits per heavy atom. The van der Waals surface area contributed by atoms with Crippen LogP contribution >= 0.6 is 0 Å². The molecule has 2 N–H and O–H groups in total. The molecule has 7 nitrogen and oxygen atoms in total. The summed E-state index contributed by atoms with van der Waals surface area (Å²) < 4.78 is 22.3. The molecular formula is C14H28N4O3S. The summed E-state index contributed by atoms with van der Waals surface area (Å²) >= 11 is 0. The molecule has 0 aromatic heterocycles. The van der Waals surface area contributed by atoms with Crippen molar-refractivity contribution in [2.24, 2.45) is 10.4 Å². The van der Waals surface area contributed by atoms with Gasteiger partial charge in [-0.15, -0.1) is 0 Å². The van der Waals surface area contributed by atoms with E-state index in [0.717, 1.165) is 25.7 Å². The Labute approximate surface area is 133 Å². The van der Waals surface area contributed by atoms with Crippen LogP contribution in [0.4, 0.5) is 0 Å². The predicted octanol–water partition coefficient (Wildman–Crippen LogP) is -0.155. The molecule has 1 fully saturated rings. The van der Waals surface area contributed by atoms with E-state index in [4.69, 9.17) is 0 Å². The van der Waals surface area contributed by atoms with Crippen molar-refractivity contribution in [1.82, 2.24) is 15.5 Å². The van der Waals surface area contributed by atoms with Crippen molar-refractivity contribution in [3.8, 4) is 0 Å². The second-order valence-corrected chi connectivity index (χ2v) is 8.43. The first kappa shape index (κ1) is 18.7. The van der Waals surface area contributed by atoms with Crippen LogP contribution in [-0.4, -0.2) is 71.4 Å². The second kappa shape index (κ2) is 7.80. The molecule has 0 unspecified atom stereocenters. The highest BCUT2D eigenvalue weighted by atomic mass is 32.2. The topological polar surface area (TPSA) is 90.9 Å². The quantitative estimate of drug-likeness (QED) is 0.521. The molecule has 0 bridgehead atoms. The maximum Gasteiger partial charge on any atom is 0.230 e. The average molecular weight is 332 g/mol. The van der Waals surface area contributed by atoms with Crippen molar-refractivity contribution in [1.29, 1.82) is 0 Å². The van der Waals surface area contributed by atoms with Crippen LogP contribution in [0.25, 0.3) is 0 Å².